The van der Waals surface area contributed by atoms with E-state index in [4.69, 9.17) is 14.6 Å². The highest BCUT2D eigenvalue weighted by molar-refractivity contribution is 7.89. The molecule has 2 amide bonds. The molecular weight excluding hydrogens is 692 g/mol. The van der Waals surface area contributed by atoms with Crippen molar-refractivity contribution in [3.63, 3.8) is 0 Å². The number of alkyl halides is 1. The van der Waals surface area contributed by atoms with Crippen molar-refractivity contribution in [2.24, 2.45) is 0 Å². The van der Waals surface area contributed by atoms with Crippen LogP contribution in [0.4, 0.5) is 14.9 Å². The molecule has 0 bridgehead atoms. The summed E-state index contributed by atoms with van der Waals surface area (Å²) in [6.45, 7) is 21.0. The lowest BCUT2D eigenvalue weighted by Crippen LogP contribution is -2.59. The van der Waals surface area contributed by atoms with E-state index >= 15 is 0 Å². The lowest BCUT2D eigenvalue weighted by atomic mass is 10.1. The first-order valence-corrected chi connectivity index (χ1v) is 23.6. The number of hydrogen-bond acceptors (Lipinski definition) is 8. The normalized spacial score (nSPS) is 24.1. The summed E-state index contributed by atoms with van der Waals surface area (Å²) >= 11 is 0. The van der Waals surface area contributed by atoms with Crippen LogP contribution in [0.15, 0.2) is 23.2 Å². The Morgan fingerprint density at radius 2 is 1.75 bits per heavy atom. The third-order valence-electron chi connectivity index (χ3n) is 10.4. The molecule has 0 unspecified atom stereocenters. The SMILES string of the molecule is CCC(=O)N1C[C@H](n2ncc3c(N4C[C@H](C)N(C(=O)OC(C)(C)C)[C@@H](C)C4)cc(S(=O)(=O)N(COCC[Si](C)(C)C)C4(C)CC4)cc32)C[C@H]1CF. The van der Waals surface area contributed by atoms with E-state index in [1.807, 2.05) is 41.5 Å². The van der Waals surface area contributed by atoms with Crippen molar-refractivity contribution in [1.29, 1.82) is 0 Å². The van der Waals surface area contributed by atoms with Crippen LogP contribution in [-0.4, -0.2) is 121 Å². The molecule has 12 nitrogen and oxygen atoms in total. The number of fused-ring (bicyclic) bond motifs is 1. The first kappa shape index (κ1) is 39.5. The van der Waals surface area contributed by atoms with Gasteiger partial charge in [0, 0.05) is 57.3 Å². The fourth-order valence-electron chi connectivity index (χ4n) is 7.32. The number of ether oxygens (including phenoxy) is 2. The summed E-state index contributed by atoms with van der Waals surface area (Å²) < 4.78 is 58.8. The molecule has 0 spiro atoms. The van der Waals surface area contributed by atoms with Gasteiger partial charge in [-0.1, -0.05) is 26.6 Å². The molecule has 4 atom stereocenters. The van der Waals surface area contributed by atoms with E-state index in [1.54, 1.807) is 39.7 Å². The van der Waals surface area contributed by atoms with Crippen molar-refractivity contribution in [2.45, 2.75) is 140 Å². The van der Waals surface area contributed by atoms with Crippen LogP contribution in [-0.2, 0) is 24.3 Å². The van der Waals surface area contributed by atoms with Crippen molar-refractivity contribution in [3.05, 3.63) is 18.3 Å². The average molecular weight is 751 g/mol. The molecule has 2 aliphatic heterocycles. The summed E-state index contributed by atoms with van der Waals surface area (Å²) in [4.78, 5) is 31.6. The average Bonchev–Trinajstić information content (AvgIpc) is 3.40. The molecule has 0 radical (unpaired) electrons. The van der Waals surface area contributed by atoms with Gasteiger partial charge < -0.3 is 19.3 Å². The molecule has 5 rings (SSSR count). The van der Waals surface area contributed by atoms with Crippen LogP contribution in [0, 0.1) is 0 Å². The van der Waals surface area contributed by atoms with Crippen LogP contribution in [0.5, 0.6) is 0 Å². The summed E-state index contributed by atoms with van der Waals surface area (Å²) in [5.74, 6) is -0.117. The number of carbonyl (C=O) groups excluding carboxylic acids is 2. The number of sulfonamides is 1. The second-order valence-corrected chi connectivity index (χ2v) is 24.7. The van der Waals surface area contributed by atoms with Gasteiger partial charge in [0.1, 0.15) is 19.0 Å². The number of benzene rings is 1. The highest BCUT2D eigenvalue weighted by Gasteiger charge is 2.50. The number of nitrogens with zero attached hydrogens (tertiary/aromatic N) is 6. The number of halogens is 1. The molecule has 15 heteroatoms. The number of piperazine rings is 1. The highest BCUT2D eigenvalue weighted by Crippen LogP contribution is 2.45. The lowest BCUT2D eigenvalue weighted by Gasteiger charge is -2.45. The minimum atomic E-state index is -4.06. The Balaban J connectivity index is 1.56. The van der Waals surface area contributed by atoms with Gasteiger partial charge in [0.25, 0.3) is 0 Å². The number of likely N-dealkylation sites (tertiary alicyclic amines) is 1. The zero-order valence-electron chi connectivity index (χ0n) is 32.2. The number of amides is 2. The molecule has 3 heterocycles. The molecule has 1 aromatic carbocycles. The first-order valence-electron chi connectivity index (χ1n) is 18.4. The third kappa shape index (κ3) is 8.57. The molecule has 286 valence electrons. The summed E-state index contributed by atoms with van der Waals surface area (Å²) in [6.07, 6.45) is 3.50. The minimum absolute atomic E-state index is 0.0343. The maximum absolute atomic E-state index is 14.8. The molecular formula is C36H59FN6O6SSi. The predicted octanol–water partition coefficient (Wildman–Crippen LogP) is 6.25. The molecule has 2 saturated heterocycles. The van der Waals surface area contributed by atoms with Gasteiger partial charge in [-0.05, 0) is 79.0 Å². The number of hydrogen-bond donors (Lipinski definition) is 0. The van der Waals surface area contributed by atoms with Crippen molar-refractivity contribution in [2.75, 3.05) is 44.5 Å². The van der Waals surface area contributed by atoms with Gasteiger partial charge in [-0.3, -0.25) is 14.4 Å². The zero-order chi connectivity index (χ0) is 37.7. The Morgan fingerprint density at radius 1 is 1.10 bits per heavy atom. The molecule has 3 aliphatic rings. The monoisotopic (exact) mass is 750 g/mol. The quantitative estimate of drug-likeness (QED) is 0.142. The van der Waals surface area contributed by atoms with E-state index in [9.17, 15) is 22.4 Å². The molecule has 1 aliphatic carbocycles. The van der Waals surface area contributed by atoms with Crippen LogP contribution in [0.2, 0.25) is 25.7 Å². The van der Waals surface area contributed by atoms with E-state index in [0.29, 0.717) is 43.9 Å². The van der Waals surface area contributed by atoms with Gasteiger partial charge in [-0.25, -0.2) is 17.6 Å². The van der Waals surface area contributed by atoms with E-state index in [-0.39, 0.29) is 48.2 Å². The molecule has 1 saturated carbocycles. The second-order valence-electron chi connectivity index (χ2n) is 17.3. The summed E-state index contributed by atoms with van der Waals surface area (Å²) in [6, 6.07) is 2.99. The summed E-state index contributed by atoms with van der Waals surface area (Å²) in [5.41, 5.74) is 0.117. The predicted molar refractivity (Wildman–Crippen MR) is 200 cm³/mol. The number of rotatable bonds is 12. The van der Waals surface area contributed by atoms with Crippen LogP contribution in [0.3, 0.4) is 0 Å². The molecule has 51 heavy (non-hydrogen) atoms. The van der Waals surface area contributed by atoms with E-state index in [1.165, 1.54) is 4.31 Å². The van der Waals surface area contributed by atoms with Crippen LogP contribution in [0.25, 0.3) is 10.9 Å². The Bertz CT molecular complexity index is 1690. The zero-order valence-corrected chi connectivity index (χ0v) is 34.1. The van der Waals surface area contributed by atoms with E-state index in [2.05, 4.69) is 24.5 Å². The van der Waals surface area contributed by atoms with Crippen LogP contribution >= 0.6 is 0 Å². The lowest BCUT2D eigenvalue weighted by molar-refractivity contribution is -0.132. The molecule has 0 N–H and O–H groups in total. The number of anilines is 1. The van der Waals surface area contributed by atoms with Gasteiger partial charge in [-0.2, -0.15) is 9.40 Å². The largest absolute Gasteiger partial charge is 0.444 e. The fraction of sp³-hybridized carbons (Fsp3) is 0.750. The third-order valence-corrected chi connectivity index (χ3v) is 14.1. The first-order chi connectivity index (χ1) is 23.7. The van der Waals surface area contributed by atoms with E-state index in [0.717, 1.165) is 24.3 Å². The van der Waals surface area contributed by atoms with E-state index < -0.39 is 42.0 Å². The van der Waals surface area contributed by atoms with Crippen LogP contribution < -0.4 is 4.90 Å². The van der Waals surface area contributed by atoms with Crippen molar-refractivity contribution < 1.29 is 31.9 Å². The number of aromatic nitrogens is 2. The van der Waals surface area contributed by atoms with Crippen molar-refractivity contribution in [1.82, 2.24) is 23.9 Å². The Kier molecular flexibility index (Phi) is 11.3. The van der Waals surface area contributed by atoms with Gasteiger partial charge in [-0.15, -0.1) is 0 Å². The van der Waals surface area contributed by atoms with Gasteiger partial charge in [0.15, 0.2) is 0 Å². The van der Waals surface area contributed by atoms with Gasteiger partial charge in [0.05, 0.1) is 40.8 Å². The molecule has 2 aromatic rings. The summed E-state index contributed by atoms with van der Waals surface area (Å²) in [5, 5.41) is 5.53. The molecule has 1 aromatic heterocycles. The minimum Gasteiger partial charge on any atom is -0.444 e. The van der Waals surface area contributed by atoms with Crippen LogP contribution in [0.1, 0.15) is 80.2 Å². The topological polar surface area (TPSA) is 118 Å². The maximum Gasteiger partial charge on any atom is 0.410 e. The van der Waals surface area contributed by atoms with Crippen molar-refractivity contribution >= 4 is 46.7 Å². The Morgan fingerprint density at radius 3 is 2.29 bits per heavy atom. The highest BCUT2D eigenvalue weighted by atomic mass is 32.2. The Hall–Kier alpha value is -2.75. The van der Waals surface area contributed by atoms with Crippen molar-refractivity contribution in [3.8, 4) is 0 Å². The summed E-state index contributed by atoms with van der Waals surface area (Å²) in [7, 11) is -5.44. The van der Waals surface area contributed by atoms with Gasteiger partial charge in [0.2, 0.25) is 15.9 Å². The smallest absolute Gasteiger partial charge is 0.410 e. The standard InChI is InChI=1S/C36H59FN6O6SSi/c1-11-33(44)40-23-28(16-27(40)19-37)43-32-18-29(50(46,47)41(36(7)12-13-36)24-48-14-15-51(8,9)10)17-31(30(32)20-38-43)39-21-25(2)42(26(3)22-39)34(45)49-35(4,5)6/h17-18,20,25-28H,11-16,19,21-24H2,1-10H3/t25-,26-,27-,28+/m0/s1. The Labute approximate surface area is 304 Å². The number of carbonyl (C=O) groups is 2. The second kappa shape index (κ2) is 14.6. The van der Waals surface area contributed by atoms with Gasteiger partial charge >= 0.3 is 6.09 Å². The fourth-order valence-corrected chi connectivity index (χ4v) is 9.83. The molecule has 3 fully saturated rings. The maximum atomic E-state index is 14.8.